The van der Waals surface area contributed by atoms with Gasteiger partial charge in [-0.25, -0.2) is 0 Å². The highest BCUT2D eigenvalue weighted by Gasteiger charge is 2.29. The van der Waals surface area contributed by atoms with Crippen molar-refractivity contribution in [1.29, 1.82) is 0 Å². The zero-order valence-corrected chi connectivity index (χ0v) is 11.2. The minimum atomic E-state index is 0.351. The first-order chi connectivity index (χ1) is 9.38. The molecular weight excluding hydrogens is 238 g/mol. The third kappa shape index (κ3) is 2.54. The molecule has 2 unspecified atom stereocenters. The van der Waals surface area contributed by atoms with Gasteiger partial charge in [0.2, 0.25) is 11.7 Å². The molecule has 1 aliphatic rings. The van der Waals surface area contributed by atoms with E-state index in [1.807, 2.05) is 37.4 Å². The van der Waals surface area contributed by atoms with Crippen molar-refractivity contribution in [3.05, 3.63) is 36.2 Å². The summed E-state index contributed by atoms with van der Waals surface area (Å²) in [4.78, 5) is 4.58. The fourth-order valence-corrected chi connectivity index (χ4v) is 2.86. The second-order valence-electron chi connectivity index (χ2n) is 5.11. The summed E-state index contributed by atoms with van der Waals surface area (Å²) in [5, 5.41) is 7.49. The van der Waals surface area contributed by atoms with E-state index in [1.165, 1.54) is 19.3 Å². The highest BCUT2D eigenvalue weighted by molar-refractivity contribution is 5.53. The Morgan fingerprint density at radius 3 is 2.74 bits per heavy atom. The lowest BCUT2D eigenvalue weighted by Crippen LogP contribution is -2.34. The number of nitrogens with zero attached hydrogens (tertiary/aromatic N) is 2. The molecule has 0 aliphatic heterocycles. The molecule has 1 aromatic carbocycles. The lowest BCUT2D eigenvalue weighted by molar-refractivity contribution is 0.270. The number of rotatable bonds is 3. The van der Waals surface area contributed by atoms with Crippen molar-refractivity contribution in [3.63, 3.8) is 0 Å². The van der Waals surface area contributed by atoms with Gasteiger partial charge in [-0.15, -0.1) is 0 Å². The van der Waals surface area contributed by atoms with Crippen LogP contribution < -0.4 is 5.32 Å². The van der Waals surface area contributed by atoms with E-state index in [4.69, 9.17) is 4.52 Å². The first kappa shape index (κ1) is 12.4. The van der Waals surface area contributed by atoms with Gasteiger partial charge in [-0.3, -0.25) is 0 Å². The average Bonchev–Trinajstić information content (AvgIpc) is 2.98. The zero-order chi connectivity index (χ0) is 13.1. The molecule has 4 nitrogen and oxygen atoms in total. The number of aromatic nitrogens is 2. The van der Waals surface area contributed by atoms with Crippen molar-refractivity contribution < 1.29 is 4.52 Å². The van der Waals surface area contributed by atoms with Crippen LogP contribution >= 0.6 is 0 Å². The molecule has 2 aromatic rings. The van der Waals surface area contributed by atoms with E-state index in [2.05, 4.69) is 15.5 Å². The molecule has 19 heavy (non-hydrogen) atoms. The van der Waals surface area contributed by atoms with Gasteiger partial charge < -0.3 is 9.84 Å². The van der Waals surface area contributed by atoms with Crippen LogP contribution in [-0.2, 0) is 0 Å². The lowest BCUT2D eigenvalue weighted by Gasteiger charge is -2.28. The van der Waals surface area contributed by atoms with Crippen molar-refractivity contribution in [1.82, 2.24) is 15.5 Å². The van der Waals surface area contributed by atoms with E-state index in [1.54, 1.807) is 0 Å². The van der Waals surface area contributed by atoms with Crippen LogP contribution in [0.4, 0.5) is 0 Å². The zero-order valence-electron chi connectivity index (χ0n) is 11.2. The molecule has 4 heteroatoms. The van der Waals surface area contributed by atoms with Gasteiger partial charge in [-0.1, -0.05) is 48.3 Å². The van der Waals surface area contributed by atoms with Crippen LogP contribution in [-0.4, -0.2) is 23.2 Å². The van der Waals surface area contributed by atoms with E-state index in [9.17, 15) is 0 Å². The van der Waals surface area contributed by atoms with Crippen LogP contribution in [0.25, 0.3) is 11.4 Å². The molecule has 3 rings (SSSR count). The monoisotopic (exact) mass is 257 g/mol. The Morgan fingerprint density at radius 2 is 1.95 bits per heavy atom. The van der Waals surface area contributed by atoms with E-state index < -0.39 is 0 Å². The predicted molar refractivity (Wildman–Crippen MR) is 73.8 cm³/mol. The number of likely N-dealkylation sites (N-methyl/N-ethyl adjacent to an activating group) is 1. The topological polar surface area (TPSA) is 51.0 Å². The van der Waals surface area contributed by atoms with Crippen molar-refractivity contribution in [2.75, 3.05) is 7.05 Å². The summed E-state index contributed by atoms with van der Waals surface area (Å²) in [7, 11) is 2.01. The van der Waals surface area contributed by atoms with Crippen LogP contribution in [0.1, 0.15) is 37.5 Å². The first-order valence-electron chi connectivity index (χ1n) is 6.95. The first-order valence-corrected chi connectivity index (χ1v) is 6.95. The third-order valence-electron chi connectivity index (χ3n) is 3.93. The molecule has 1 N–H and O–H groups in total. The van der Waals surface area contributed by atoms with Crippen molar-refractivity contribution >= 4 is 0 Å². The Labute approximate surface area is 113 Å². The Balaban J connectivity index is 1.84. The Morgan fingerprint density at radius 1 is 1.16 bits per heavy atom. The summed E-state index contributed by atoms with van der Waals surface area (Å²) in [5.74, 6) is 1.82. The van der Waals surface area contributed by atoms with Crippen LogP contribution in [0.5, 0.6) is 0 Å². The molecule has 0 saturated heterocycles. The van der Waals surface area contributed by atoms with Crippen LogP contribution in [0.2, 0.25) is 0 Å². The van der Waals surface area contributed by atoms with Gasteiger partial charge in [0.1, 0.15) is 0 Å². The highest BCUT2D eigenvalue weighted by Crippen LogP contribution is 2.32. The molecule has 1 heterocycles. The maximum Gasteiger partial charge on any atom is 0.231 e. The summed E-state index contributed by atoms with van der Waals surface area (Å²) < 4.78 is 5.49. The quantitative estimate of drug-likeness (QED) is 0.918. The molecule has 0 spiro atoms. The van der Waals surface area contributed by atoms with Crippen molar-refractivity contribution in [3.8, 4) is 11.4 Å². The van der Waals surface area contributed by atoms with Gasteiger partial charge in [0.25, 0.3) is 0 Å². The van der Waals surface area contributed by atoms with Crippen LogP contribution in [0.3, 0.4) is 0 Å². The SMILES string of the molecule is CNC1CCCCC1c1nc(-c2ccccc2)no1. The number of hydrogen-bond acceptors (Lipinski definition) is 4. The van der Waals surface area contributed by atoms with Gasteiger partial charge in [-0.05, 0) is 19.9 Å². The van der Waals surface area contributed by atoms with E-state index in [0.717, 1.165) is 17.9 Å². The summed E-state index contributed by atoms with van der Waals surface area (Å²) in [5.41, 5.74) is 1.01. The molecule has 100 valence electrons. The molecule has 0 radical (unpaired) electrons. The summed E-state index contributed by atoms with van der Waals surface area (Å²) in [6.07, 6.45) is 4.83. The molecule has 1 aromatic heterocycles. The second kappa shape index (κ2) is 5.53. The Kier molecular flexibility index (Phi) is 3.60. The normalized spacial score (nSPS) is 23.4. The maximum atomic E-state index is 5.49. The molecule has 0 bridgehead atoms. The largest absolute Gasteiger partial charge is 0.339 e. The van der Waals surface area contributed by atoms with Gasteiger partial charge in [0.15, 0.2) is 0 Å². The number of benzene rings is 1. The number of nitrogens with one attached hydrogen (secondary N) is 1. The fourth-order valence-electron chi connectivity index (χ4n) is 2.86. The minimum absolute atomic E-state index is 0.351. The van der Waals surface area contributed by atoms with Crippen LogP contribution in [0.15, 0.2) is 34.9 Å². The highest BCUT2D eigenvalue weighted by atomic mass is 16.5. The molecule has 2 atom stereocenters. The predicted octanol–water partition coefficient (Wildman–Crippen LogP) is 2.98. The molecule has 1 saturated carbocycles. The fraction of sp³-hybridized carbons (Fsp3) is 0.467. The van der Waals surface area contributed by atoms with E-state index in [-0.39, 0.29) is 0 Å². The molecule has 0 amide bonds. The van der Waals surface area contributed by atoms with Crippen molar-refractivity contribution in [2.45, 2.75) is 37.6 Å². The van der Waals surface area contributed by atoms with Gasteiger partial charge in [0.05, 0.1) is 5.92 Å². The van der Waals surface area contributed by atoms with Crippen LogP contribution in [0, 0.1) is 0 Å². The molecular formula is C15H19N3O. The van der Waals surface area contributed by atoms with Crippen molar-refractivity contribution in [2.24, 2.45) is 0 Å². The summed E-state index contributed by atoms with van der Waals surface area (Å²) >= 11 is 0. The summed E-state index contributed by atoms with van der Waals surface area (Å²) in [6.45, 7) is 0. The summed E-state index contributed by atoms with van der Waals surface area (Å²) in [6, 6.07) is 10.4. The van der Waals surface area contributed by atoms with Gasteiger partial charge >= 0.3 is 0 Å². The van der Waals surface area contributed by atoms with E-state index >= 15 is 0 Å². The third-order valence-corrected chi connectivity index (χ3v) is 3.93. The van der Waals surface area contributed by atoms with Gasteiger partial charge in [-0.2, -0.15) is 4.98 Å². The molecule has 1 fully saturated rings. The Bertz CT molecular complexity index is 523. The standard InChI is InChI=1S/C15H19N3O/c1-16-13-10-6-5-9-12(13)15-17-14(18-19-15)11-7-3-2-4-8-11/h2-4,7-8,12-13,16H,5-6,9-10H2,1H3. The second-order valence-corrected chi connectivity index (χ2v) is 5.11. The smallest absolute Gasteiger partial charge is 0.231 e. The molecule has 1 aliphatic carbocycles. The average molecular weight is 257 g/mol. The Hall–Kier alpha value is -1.68. The lowest BCUT2D eigenvalue weighted by atomic mass is 9.84. The minimum Gasteiger partial charge on any atom is -0.339 e. The number of hydrogen-bond donors (Lipinski definition) is 1. The van der Waals surface area contributed by atoms with E-state index in [0.29, 0.717) is 17.8 Å². The van der Waals surface area contributed by atoms with Gasteiger partial charge in [0, 0.05) is 11.6 Å². The maximum absolute atomic E-state index is 5.49.